The molecule has 1 aliphatic rings. The SMILES string of the molecule is CCCC(C)(CNC(C)C)CN1CCC(COC)CC1. The van der Waals surface area contributed by atoms with Crippen molar-refractivity contribution in [1.29, 1.82) is 0 Å². The van der Waals surface area contributed by atoms with Gasteiger partial charge in [0, 0.05) is 32.8 Å². The number of ether oxygens (including phenoxy) is 1. The normalized spacial score (nSPS) is 21.3. The topological polar surface area (TPSA) is 24.5 Å². The van der Waals surface area contributed by atoms with Crippen LogP contribution in [0.5, 0.6) is 0 Å². The van der Waals surface area contributed by atoms with Crippen LogP contribution in [0, 0.1) is 11.3 Å². The Labute approximate surface area is 126 Å². The van der Waals surface area contributed by atoms with Gasteiger partial charge in [0.15, 0.2) is 0 Å². The summed E-state index contributed by atoms with van der Waals surface area (Å²) >= 11 is 0. The molecule has 0 radical (unpaired) electrons. The average molecular weight is 284 g/mol. The molecule has 120 valence electrons. The Kier molecular flexibility index (Phi) is 8.08. The molecule has 1 fully saturated rings. The minimum absolute atomic E-state index is 0.410. The van der Waals surface area contributed by atoms with Crippen molar-refractivity contribution in [3.8, 4) is 0 Å². The van der Waals surface area contributed by atoms with Crippen LogP contribution in [0.25, 0.3) is 0 Å². The molecule has 0 spiro atoms. The number of hydrogen-bond acceptors (Lipinski definition) is 3. The molecule has 0 aromatic carbocycles. The lowest BCUT2D eigenvalue weighted by Crippen LogP contribution is -2.46. The van der Waals surface area contributed by atoms with E-state index in [0.717, 1.165) is 19.1 Å². The third-order valence-electron chi connectivity index (χ3n) is 4.51. The second-order valence-electron chi connectivity index (χ2n) is 7.27. The van der Waals surface area contributed by atoms with Crippen LogP contribution in [0.15, 0.2) is 0 Å². The molecule has 0 aliphatic carbocycles. The van der Waals surface area contributed by atoms with Crippen LogP contribution < -0.4 is 5.32 Å². The van der Waals surface area contributed by atoms with Crippen molar-refractivity contribution in [3.63, 3.8) is 0 Å². The highest BCUT2D eigenvalue weighted by molar-refractivity contribution is 4.83. The molecule has 0 saturated carbocycles. The van der Waals surface area contributed by atoms with Gasteiger partial charge in [-0.25, -0.2) is 0 Å². The highest BCUT2D eigenvalue weighted by Gasteiger charge is 2.28. The molecule has 20 heavy (non-hydrogen) atoms. The monoisotopic (exact) mass is 284 g/mol. The Bertz CT molecular complexity index is 249. The molecule has 0 bridgehead atoms. The number of methoxy groups -OCH3 is 1. The second-order valence-corrected chi connectivity index (χ2v) is 7.27. The molecule has 1 saturated heterocycles. The van der Waals surface area contributed by atoms with E-state index >= 15 is 0 Å². The molecule has 1 rings (SSSR count). The summed E-state index contributed by atoms with van der Waals surface area (Å²) in [4.78, 5) is 2.67. The van der Waals surface area contributed by atoms with Gasteiger partial charge in [0.25, 0.3) is 0 Å². The van der Waals surface area contributed by atoms with Crippen LogP contribution >= 0.6 is 0 Å². The highest BCUT2D eigenvalue weighted by Crippen LogP contribution is 2.27. The molecular formula is C17H36N2O. The largest absolute Gasteiger partial charge is 0.384 e. The summed E-state index contributed by atoms with van der Waals surface area (Å²) in [6, 6.07) is 0.582. The van der Waals surface area contributed by atoms with Crippen molar-refractivity contribution in [1.82, 2.24) is 10.2 Å². The summed E-state index contributed by atoms with van der Waals surface area (Å²) < 4.78 is 5.29. The maximum atomic E-state index is 5.29. The lowest BCUT2D eigenvalue weighted by molar-refractivity contribution is 0.0737. The fourth-order valence-corrected chi connectivity index (χ4v) is 3.36. The van der Waals surface area contributed by atoms with Gasteiger partial charge in [0.1, 0.15) is 0 Å². The number of piperidine rings is 1. The van der Waals surface area contributed by atoms with Crippen molar-refractivity contribution in [3.05, 3.63) is 0 Å². The Morgan fingerprint density at radius 1 is 1.30 bits per heavy atom. The molecular weight excluding hydrogens is 248 g/mol. The van der Waals surface area contributed by atoms with Gasteiger partial charge in [0.2, 0.25) is 0 Å². The Morgan fingerprint density at radius 3 is 2.45 bits per heavy atom. The van der Waals surface area contributed by atoms with E-state index in [1.54, 1.807) is 0 Å². The maximum absolute atomic E-state index is 5.29. The van der Waals surface area contributed by atoms with Crippen LogP contribution in [-0.2, 0) is 4.74 Å². The van der Waals surface area contributed by atoms with Crippen molar-refractivity contribution in [2.75, 3.05) is 39.9 Å². The molecule has 1 atom stereocenters. The first-order valence-corrected chi connectivity index (χ1v) is 8.44. The third kappa shape index (κ3) is 6.55. The van der Waals surface area contributed by atoms with Crippen LogP contribution in [0.4, 0.5) is 0 Å². The summed E-state index contributed by atoms with van der Waals surface area (Å²) in [6.07, 6.45) is 5.18. The van der Waals surface area contributed by atoms with Gasteiger partial charge in [-0.1, -0.05) is 34.1 Å². The van der Waals surface area contributed by atoms with E-state index in [2.05, 4.69) is 37.9 Å². The van der Waals surface area contributed by atoms with Crippen LogP contribution in [0.1, 0.15) is 53.4 Å². The first kappa shape index (κ1) is 17.9. The lowest BCUT2D eigenvalue weighted by Gasteiger charge is -2.39. The van der Waals surface area contributed by atoms with Gasteiger partial charge in [0.05, 0.1) is 0 Å². The van der Waals surface area contributed by atoms with E-state index < -0.39 is 0 Å². The van der Waals surface area contributed by atoms with Crippen molar-refractivity contribution in [2.45, 2.75) is 59.4 Å². The first-order valence-electron chi connectivity index (χ1n) is 8.44. The lowest BCUT2D eigenvalue weighted by atomic mass is 9.83. The highest BCUT2D eigenvalue weighted by atomic mass is 16.5. The number of nitrogens with one attached hydrogen (secondary N) is 1. The summed E-state index contributed by atoms with van der Waals surface area (Å²) in [5.41, 5.74) is 0.410. The fraction of sp³-hybridized carbons (Fsp3) is 1.00. The van der Waals surface area contributed by atoms with E-state index in [1.165, 1.54) is 45.3 Å². The first-order chi connectivity index (χ1) is 9.49. The zero-order chi connectivity index (χ0) is 15.0. The Morgan fingerprint density at radius 2 is 1.95 bits per heavy atom. The second kappa shape index (κ2) is 9.01. The summed E-state index contributed by atoms with van der Waals surface area (Å²) in [6.45, 7) is 15.0. The molecule has 3 heteroatoms. The van der Waals surface area contributed by atoms with Gasteiger partial charge < -0.3 is 15.0 Å². The van der Waals surface area contributed by atoms with E-state index in [9.17, 15) is 0 Å². The summed E-state index contributed by atoms with van der Waals surface area (Å²) in [5, 5.41) is 3.64. The van der Waals surface area contributed by atoms with Gasteiger partial charge >= 0.3 is 0 Å². The molecule has 0 aromatic heterocycles. The van der Waals surface area contributed by atoms with Crippen LogP contribution in [-0.4, -0.2) is 50.8 Å². The fourth-order valence-electron chi connectivity index (χ4n) is 3.36. The molecule has 0 amide bonds. The van der Waals surface area contributed by atoms with Crippen LogP contribution in [0.3, 0.4) is 0 Å². The van der Waals surface area contributed by atoms with Crippen molar-refractivity contribution >= 4 is 0 Å². The average Bonchev–Trinajstić information content (AvgIpc) is 2.40. The van der Waals surface area contributed by atoms with Crippen molar-refractivity contribution < 1.29 is 4.74 Å². The molecule has 1 aliphatic heterocycles. The van der Waals surface area contributed by atoms with Crippen molar-refractivity contribution in [2.24, 2.45) is 11.3 Å². The standard InChI is InChI=1S/C17H36N2O/c1-6-9-17(4,13-18-15(2)3)14-19-10-7-16(8-11-19)12-20-5/h15-16,18H,6-14H2,1-5H3. The number of rotatable bonds is 9. The predicted octanol–water partition coefficient (Wildman–Crippen LogP) is 3.15. The maximum Gasteiger partial charge on any atom is 0.0491 e. The van der Waals surface area contributed by atoms with E-state index in [0.29, 0.717) is 11.5 Å². The van der Waals surface area contributed by atoms with E-state index in [4.69, 9.17) is 4.74 Å². The number of nitrogens with zero attached hydrogens (tertiary/aromatic N) is 1. The van der Waals surface area contributed by atoms with Gasteiger partial charge in [-0.3, -0.25) is 0 Å². The molecule has 1 heterocycles. The van der Waals surface area contributed by atoms with E-state index in [-0.39, 0.29) is 0 Å². The minimum Gasteiger partial charge on any atom is -0.384 e. The van der Waals surface area contributed by atoms with Gasteiger partial charge in [-0.15, -0.1) is 0 Å². The number of hydrogen-bond donors (Lipinski definition) is 1. The zero-order valence-corrected chi connectivity index (χ0v) is 14.4. The third-order valence-corrected chi connectivity index (χ3v) is 4.51. The smallest absolute Gasteiger partial charge is 0.0491 e. The minimum atomic E-state index is 0.410. The quantitative estimate of drug-likeness (QED) is 0.704. The van der Waals surface area contributed by atoms with Gasteiger partial charge in [-0.2, -0.15) is 0 Å². The molecule has 1 N–H and O–H groups in total. The predicted molar refractivity (Wildman–Crippen MR) is 87.2 cm³/mol. The zero-order valence-electron chi connectivity index (χ0n) is 14.4. The molecule has 3 nitrogen and oxygen atoms in total. The van der Waals surface area contributed by atoms with Gasteiger partial charge in [-0.05, 0) is 43.7 Å². The van der Waals surface area contributed by atoms with Crippen LogP contribution in [0.2, 0.25) is 0 Å². The summed E-state index contributed by atoms with van der Waals surface area (Å²) in [7, 11) is 1.82. The Balaban J connectivity index is 2.41. The molecule has 1 unspecified atom stereocenters. The summed E-state index contributed by atoms with van der Waals surface area (Å²) in [5.74, 6) is 0.780. The van der Waals surface area contributed by atoms with E-state index in [1.807, 2.05) is 7.11 Å². The Hall–Kier alpha value is -0.120. The number of likely N-dealkylation sites (tertiary alicyclic amines) is 1. The molecule has 0 aromatic rings.